The van der Waals surface area contributed by atoms with Crippen LogP contribution in [-0.4, -0.2) is 32.3 Å². The van der Waals surface area contributed by atoms with Crippen LogP contribution in [0.15, 0.2) is 18.2 Å². The van der Waals surface area contributed by atoms with E-state index in [9.17, 15) is 4.79 Å². The summed E-state index contributed by atoms with van der Waals surface area (Å²) in [4.78, 5) is 11.3. The molecule has 5 nitrogen and oxygen atoms in total. The fourth-order valence-corrected chi connectivity index (χ4v) is 1.94. The van der Waals surface area contributed by atoms with Crippen LogP contribution in [0.25, 0.3) is 0 Å². The van der Waals surface area contributed by atoms with Gasteiger partial charge in [-0.2, -0.15) is 0 Å². The molecular formula is C14H21ClN2O3. The predicted octanol–water partition coefficient (Wildman–Crippen LogP) is 1.72. The Hall–Kier alpha value is -1.30. The number of hydrogen-bond acceptors (Lipinski definition) is 4. The van der Waals surface area contributed by atoms with Gasteiger partial charge in [0, 0.05) is 30.8 Å². The molecule has 112 valence electrons. The highest BCUT2D eigenvalue weighted by Gasteiger charge is 2.17. The number of ether oxygens (including phenoxy) is 2. The lowest BCUT2D eigenvalue weighted by molar-refractivity contribution is -0.124. The van der Waals surface area contributed by atoms with Gasteiger partial charge in [0.15, 0.2) is 6.10 Å². The lowest BCUT2D eigenvalue weighted by atomic mass is 10.2. The number of primary amides is 1. The van der Waals surface area contributed by atoms with E-state index in [1.54, 1.807) is 25.3 Å². The Balaban J connectivity index is 2.79. The number of carbonyl (C=O) groups excluding carboxylic acids is 1. The van der Waals surface area contributed by atoms with E-state index in [1.807, 2.05) is 6.92 Å². The molecule has 0 aliphatic carbocycles. The van der Waals surface area contributed by atoms with Crippen LogP contribution in [-0.2, 0) is 16.1 Å². The predicted molar refractivity (Wildman–Crippen MR) is 78.9 cm³/mol. The van der Waals surface area contributed by atoms with E-state index in [2.05, 4.69) is 5.32 Å². The third-order valence-corrected chi connectivity index (χ3v) is 3.17. The average molecular weight is 301 g/mol. The number of carbonyl (C=O) groups is 1. The quantitative estimate of drug-likeness (QED) is 0.681. The summed E-state index contributed by atoms with van der Waals surface area (Å²) < 4.78 is 10.6. The summed E-state index contributed by atoms with van der Waals surface area (Å²) in [5.74, 6) is 0.0961. The number of hydrogen-bond donors (Lipinski definition) is 2. The molecule has 0 heterocycles. The van der Waals surface area contributed by atoms with Crippen LogP contribution in [0, 0.1) is 0 Å². The molecule has 0 saturated heterocycles. The van der Waals surface area contributed by atoms with Crippen LogP contribution in [0.5, 0.6) is 5.75 Å². The summed E-state index contributed by atoms with van der Waals surface area (Å²) in [7, 11) is 1.64. The van der Waals surface area contributed by atoms with E-state index in [0.717, 1.165) is 5.56 Å². The molecule has 3 N–H and O–H groups in total. The van der Waals surface area contributed by atoms with Gasteiger partial charge < -0.3 is 20.5 Å². The first-order valence-electron chi connectivity index (χ1n) is 6.53. The number of benzene rings is 1. The summed E-state index contributed by atoms with van der Waals surface area (Å²) in [6.07, 6.45) is -0.135. The first-order valence-corrected chi connectivity index (χ1v) is 6.91. The van der Waals surface area contributed by atoms with Crippen LogP contribution in [0.4, 0.5) is 0 Å². The number of rotatable bonds is 9. The van der Waals surface area contributed by atoms with Gasteiger partial charge in [-0.1, -0.05) is 24.6 Å². The maximum absolute atomic E-state index is 11.3. The van der Waals surface area contributed by atoms with E-state index in [0.29, 0.717) is 36.9 Å². The summed E-state index contributed by atoms with van der Waals surface area (Å²) in [5, 5.41) is 3.79. The van der Waals surface area contributed by atoms with Crippen LogP contribution >= 0.6 is 11.6 Å². The average Bonchev–Trinajstić information content (AvgIpc) is 2.42. The van der Waals surface area contributed by atoms with E-state index < -0.39 is 12.0 Å². The molecule has 0 spiro atoms. The minimum absolute atomic E-state index is 0.481. The van der Waals surface area contributed by atoms with Gasteiger partial charge >= 0.3 is 0 Å². The second-order valence-corrected chi connectivity index (χ2v) is 4.71. The van der Waals surface area contributed by atoms with Crippen molar-refractivity contribution in [3.05, 3.63) is 28.8 Å². The zero-order chi connectivity index (χ0) is 15.0. The highest BCUT2D eigenvalue weighted by molar-refractivity contribution is 6.31. The molecule has 1 rings (SSSR count). The molecule has 1 aromatic carbocycles. The Morgan fingerprint density at radius 3 is 2.85 bits per heavy atom. The molecule has 1 amide bonds. The van der Waals surface area contributed by atoms with Crippen molar-refractivity contribution in [1.29, 1.82) is 0 Å². The lowest BCUT2D eigenvalue weighted by Gasteiger charge is -2.18. The van der Waals surface area contributed by atoms with Crippen LogP contribution in [0.3, 0.4) is 0 Å². The molecule has 20 heavy (non-hydrogen) atoms. The van der Waals surface area contributed by atoms with Crippen molar-refractivity contribution in [2.45, 2.75) is 26.0 Å². The molecule has 0 saturated carbocycles. The molecule has 0 radical (unpaired) electrons. The first-order chi connectivity index (χ1) is 9.60. The monoisotopic (exact) mass is 300 g/mol. The number of halogens is 1. The topological polar surface area (TPSA) is 73.6 Å². The first kappa shape index (κ1) is 16.8. The molecule has 0 aromatic heterocycles. The van der Waals surface area contributed by atoms with Gasteiger partial charge in [0.05, 0.1) is 6.61 Å². The summed E-state index contributed by atoms with van der Waals surface area (Å²) in [5.41, 5.74) is 6.10. The Bertz CT molecular complexity index is 440. The molecule has 0 aliphatic heterocycles. The molecule has 0 bridgehead atoms. The number of nitrogens with one attached hydrogen (secondary N) is 1. The Morgan fingerprint density at radius 2 is 2.25 bits per heavy atom. The molecule has 1 atom stereocenters. The smallest absolute Gasteiger partial charge is 0.258 e. The van der Waals surface area contributed by atoms with Crippen molar-refractivity contribution in [3.8, 4) is 5.75 Å². The number of methoxy groups -OCH3 is 1. The Kier molecular flexibility index (Phi) is 7.36. The van der Waals surface area contributed by atoms with Crippen molar-refractivity contribution in [2.24, 2.45) is 5.73 Å². The fourth-order valence-electron chi connectivity index (χ4n) is 1.70. The van der Waals surface area contributed by atoms with Crippen LogP contribution in [0.1, 0.15) is 18.9 Å². The molecule has 6 heteroatoms. The van der Waals surface area contributed by atoms with Crippen molar-refractivity contribution < 1.29 is 14.3 Å². The van der Waals surface area contributed by atoms with Gasteiger partial charge in [-0.05, 0) is 18.6 Å². The van der Waals surface area contributed by atoms with Gasteiger partial charge in [-0.25, -0.2) is 0 Å². The minimum Gasteiger partial charge on any atom is -0.480 e. The zero-order valence-corrected chi connectivity index (χ0v) is 12.6. The van der Waals surface area contributed by atoms with Crippen molar-refractivity contribution in [3.63, 3.8) is 0 Å². The summed E-state index contributed by atoms with van der Waals surface area (Å²) >= 11 is 6.18. The second-order valence-electron chi connectivity index (χ2n) is 4.30. The molecule has 0 fully saturated rings. The van der Waals surface area contributed by atoms with Gasteiger partial charge in [0.1, 0.15) is 5.75 Å². The standard InChI is InChI=1S/C14H21ClN2O3/c1-3-12(14(16)18)20-13-6-4-5-11(15)10(13)9-17-7-8-19-2/h4-6,12,17H,3,7-9H2,1-2H3,(H2,16,18). The van der Waals surface area contributed by atoms with Gasteiger partial charge in [0.25, 0.3) is 5.91 Å². The normalized spacial score (nSPS) is 12.2. The van der Waals surface area contributed by atoms with Gasteiger partial charge in [-0.3, -0.25) is 4.79 Å². The van der Waals surface area contributed by atoms with Crippen molar-refractivity contribution in [1.82, 2.24) is 5.32 Å². The minimum atomic E-state index is -0.647. The Labute approximate surface area is 124 Å². The fraction of sp³-hybridized carbons (Fsp3) is 0.500. The Morgan fingerprint density at radius 1 is 1.50 bits per heavy atom. The third kappa shape index (κ3) is 5.00. The highest BCUT2D eigenvalue weighted by atomic mass is 35.5. The highest BCUT2D eigenvalue weighted by Crippen LogP contribution is 2.27. The maximum atomic E-state index is 11.3. The molecule has 1 aromatic rings. The third-order valence-electron chi connectivity index (χ3n) is 2.82. The SMILES string of the molecule is CCC(Oc1cccc(Cl)c1CNCCOC)C(N)=O. The van der Waals surface area contributed by atoms with Crippen molar-refractivity contribution >= 4 is 17.5 Å². The van der Waals surface area contributed by atoms with Crippen LogP contribution in [0.2, 0.25) is 5.02 Å². The zero-order valence-electron chi connectivity index (χ0n) is 11.8. The maximum Gasteiger partial charge on any atom is 0.258 e. The number of nitrogens with two attached hydrogens (primary N) is 1. The summed E-state index contributed by atoms with van der Waals surface area (Å²) in [6.45, 7) is 3.69. The molecular weight excluding hydrogens is 280 g/mol. The van der Waals surface area contributed by atoms with Crippen molar-refractivity contribution in [2.75, 3.05) is 20.3 Å². The van der Waals surface area contributed by atoms with Gasteiger partial charge in [0.2, 0.25) is 0 Å². The van der Waals surface area contributed by atoms with Crippen LogP contribution < -0.4 is 15.8 Å². The van der Waals surface area contributed by atoms with Gasteiger partial charge in [-0.15, -0.1) is 0 Å². The molecule has 0 aliphatic rings. The van der Waals surface area contributed by atoms with E-state index in [-0.39, 0.29) is 0 Å². The summed E-state index contributed by atoms with van der Waals surface area (Å²) in [6, 6.07) is 5.35. The largest absolute Gasteiger partial charge is 0.480 e. The second kappa shape index (κ2) is 8.79. The number of amides is 1. The van der Waals surface area contributed by atoms with E-state index in [1.165, 1.54) is 0 Å². The van der Waals surface area contributed by atoms with E-state index in [4.69, 9.17) is 26.8 Å². The van der Waals surface area contributed by atoms with E-state index >= 15 is 0 Å². The lowest BCUT2D eigenvalue weighted by Crippen LogP contribution is -2.33. The molecule has 1 unspecified atom stereocenters.